The highest BCUT2D eigenvalue weighted by atomic mass is 19.4. The third-order valence-electron chi connectivity index (χ3n) is 0.852. The summed E-state index contributed by atoms with van der Waals surface area (Å²) in [5, 5.41) is 0. The lowest BCUT2D eigenvalue weighted by Crippen LogP contribution is -2.21. The maximum atomic E-state index is 11.4. The van der Waals surface area contributed by atoms with Crippen molar-refractivity contribution in [2.75, 3.05) is 19.9 Å². The second-order valence-electron chi connectivity index (χ2n) is 2.04. The predicted molar refractivity (Wildman–Crippen MR) is 33.9 cm³/mol. The van der Waals surface area contributed by atoms with E-state index in [-0.39, 0.29) is 13.0 Å². The predicted octanol–water partition coefficient (Wildman–Crippen LogP) is 2.06. The Morgan fingerprint density at radius 2 is 1.85 bits per heavy atom. The van der Waals surface area contributed by atoms with Gasteiger partial charge in [-0.2, -0.15) is 13.2 Å². The molecule has 0 amide bonds. The van der Waals surface area contributed by atoms with E-state index in [0.29, 0.717) is 0 Å². The molecule has 0 aromatic rings. The third-order valence-corrected chi connectivity index (χ3v) is 0.852. The molecule has 78 valence electrons. The molecule has 0 saturated carbocycles. The minimum atomic E-state index is -4.57. The summed E-state index contributed by atoms with van der Waals surface area (Å²) in [5.74, 6) is 0. The molecular formula is C6H8F4O3. The van der Waals surface area contributed by atoms with Crippen LogP contribution in [0.4, 0.5) is 22.4 Å². The number of carbonyl (C=O) groups is 1. The third kappa shape index (κ3) is 8.90. The normalized spacial score (nSPS) is 11.1. The molecule has 13 heavy (non-hydrogen) atoms. The first-order valence-corrected chi connectivity index (χ1v) is 3.38. The van der Waals surface area contributed by atoms with E-state index in [1.165, 1.54) is 0 Å². The summed E-state index contributed by atoms with van der Waals surface area (Å²) in [6, 6.07) is 0. The maximum Gasteiger partial charge on any atom is 0.508 e. The second-order valence-corrected chi connectivity index (χ2v) is 2.04. The largest absolute Gasteiger partial charge is 0.508 e. The molecule has 0 fully saturated rings. The molecule has 0 unspecified atom stereocenters. The fourth-order valence-corrected chi connectivity index (χ4v) is 0.392. The van der Waals surface area contributed by atoms with Gasteiger partial charge in [0.15, 0.2) is 6.61 Å². The van der Waals surface area contributed by atoms with Crippen molar-refractivity contribution in [1.82, 2.24) is 0 Å². The average molecular weight is 204 g/mol. The van der Waals surface area contributed by atoms with Crippen molar-refractivity contribution in [3.8, 4) is 0 Å². The van der Waals surface area contributed by atoms with E-state index in [9.17, 15) is 22.4 Å². The fraction of sp³-hybridized carbons (Fsp3) is 0.833. The molecular weight excluding hydrogens is 196 g/mol. The van der Waals surface area contributed by atoms with Gasteiger partial charge in [0.25, 0.3) is 0 Å². The molecule has 0 aromatic heterocycles. The summed E-state index contributed by atoms with van der Waals surface area (Å²) >= 11 is 0. The molecule has 0 aromatic carbocycles. The Morgan fingerprint density at radius 3 is 2.31 bits per heavy atom. The average Bonchev–Trinajstić information content (AvgIpc) is 2.00. The molecule has 0 aliphatic carbocycles. The highest BCUT2D eigenvalue weighted by Gasteiger charge is 2.29. The van der Waals surface area contributed by atoms with Gasteiger partial charge in [0, 0.05) is 6.42 Å². The van der Waals surface area contributed by atoms with Crippen LogP contribution in [-0.2, 0) is 9.47 Å². The van der Waals surface area contributed by atoms with E-state index in [2.05, 4.69) is 9.47 Å². The van der Waals surface area contributed by atoms with Crippen molar-refractivity contribution in [2.24, 2.45) is 0 Å². The molecule has 0 heterocycles. The lowest BCUT2D eigenvalue weighted by atomic mass is 10.5. The molecule has 0 N–H and O–H groups in total. The van der Waals surface area contributed by atoms with Crippen LogP contribution in [0.25, 0.3) is 0 Å². The van der Waals surface area contributed by atoms with Crippen LogP contribution < -0.4 is 0 Å². The molecule has 0 radical (unpaired) electrons. The summed E-state index contributed by atoms with van der Waals surface area (Å²) in [5.41, 5.74) is 0. The van der Waals surface area contributed by atoms with Crippen molar-refractivity contribution in [3.05, 3.63) is 0 Å². The number of carbonyl (C=O) groups excluding carboxylic acids is 1. The Morgan fingerprint density at radius 1 is 1.23 bits per heavy atom. The number of rotatable bonds is 4. The topological polar surface area (TPSA) is 35.5 Å². The molecule has 0 atom stereocenters. The van der Waals surface area contributed by atoms with Gasteiger partial charge in [-0.1, -0.05) is 0 Å². The summed E-state index contributed by atoms with van der Waals surface area (Å²) in [7, 11) is 0. The van der Waals surface area contributed by atoms with Gasteiger partial charge < -0.3 is 9.47 Å². The van der Waals surface area contributed by atoms with Crippen molar-refractivity contribution in [2.45, 2.75) is 12.6 Å². The van der Waals surface area contributed by atoms with Crippen LogP contribution in [-0.4, -0.2) is 32.2 Å². The van der Waals surface area contributed by atoms with Crippen LogP contribution in [0.3, 0.4) is 0 Å². The van der Waals surface area contributed by atoms with Gasteiger partial charge in [-0.25, -0.2) is 4.79 Å². The van der Waals surface area contributed by atoms with Crippen LogP contribution in [0, 0.1) is 0 Å². The highest BCUT2D eigenvalue weighted by Crippen LogP contribution is 2.14. The first-order valence-electron chi connectivity index (χ1n) is 3.38. The lowest BCUT2D eigenvalue weighted by Gasteiger charge is -2.07. The zero-order valence-electron chi connectivity index (χ0n) is 6.57. The minimum Gasteiger partial charge on any atom is -0.434 e. The molecule has 3 nitrogen and oxygen atoms in total. The molecule has 0 aliphatic heterocycles. The zero-order valence-corrected chi connectivity index (χ0v) is 6.57. The fourth-order valence-electron chi connectivity index (χ4n) is 0.392. The van der Waals surface area contributed by atoms with Crippen LogP contribution in [0.15, 0.2) is 0 Å². The summed E-state index contributed by atoms with van der Waals surface area (Å²) in [6.45, 7) is -2.68. The standard InChI is InChI=1S/C6H8F4O3/c7-2-1-3-12-5(11)13-4-6(8,9)10/h1-4H2. The minimum absolute atomic E-state index is 0.0544. The van der Waals surface area contributed by atoms with Gasteiger partial charge in [0.1, 0.15) is 0 Å². The molecule has 0 aliphatic rings. The Labute approximate surface area is 71.6 Å². The molecule has 7 heteroatoms. The van der Waals surface area contributed by atoms with Gasteiger partial charge in [0.2, 0.25) is 0 Å². The zero-order chi connectivity index (χ0) is 10.3. The van der Waals surface area contributed by atoms with Crippen molar-refractivity contribution in [3.63, 3.8) is 0 Å². The van der Waals surface area contributed by atoms with Crippen molar-refractivity contribution in [1.29, 1.82) is 0 Å². The van der Waals surface area contributed by atoms with Crippen LogP contribution in [0.1, 0.15) is 6.42 Å². The number of hydrogen-bond acceptors (Lipinski definition) is 3. The van der Waals surface area contributed by atoms with E-state index < -0.39 is 25.6 Å². The smallest absolute Gasteiger partial charge is 0.434 e. The SMILES string of the molecule is O=C(OCCCF)OCC(F)(F)F. The van der Waals surface area contributed by atoms with Gasteiger partial charge in [-0.3, -0.25) is 4.39 Å². The Bertz CT molecular complexity index is 156. The summed E-state index contributed by atoms with van der Waals surface area (Å²) in [6.07, 6.45) is -6.06. The van der Waals surface area contributed by atoms with Crippen LogP contribution >= 0.6 is 0 Å². The van der Waals surface area contributed by atoms with E-state index in [4.69, 9.17) is 0 Å². The first-order chi connectivity index (χ1) is 5.95. The molecule has 0 bridgehead atoms. The quantitative estimate of drug-likeness (QED) is 0.399. The van der Waals surface area contributed by atoms with Gasteiger partial charge in [-0.05, 0) is 0 Å². The van der Waals surface area contributed by atoms with Crippen LogP contribution in [0.5, 0.6) is 0 Å². The summed E-state index contributed by atoms with van der Waals surface area (Å²) in [4.78, 5) is 10.3. The van der Waals surface area contributed by atoms with Gasteiger partial charge >= 0.3 is 12.3 Å². The molecule has 0 saturated heterocycles. The number of hydrogen-bond donors (Lipinski definition) is 0. The number of alkyl halides is 4. The van der Waals surface area contributed by atoms with Crippen LogP contribution in [0.2, 0.25) is 0 Å². The monoisotopic (exact) mass is 204 g/mol. The molecule has 0 spiro atoms. The summed E-state index contributed by atoms with van der Waals surface area (Å²) < 4.78 is 53.4. The van der Waals surface area contributed by atoms with E-state index in [0.717, 1.165) is 0 Å². The second kappa shape index (κ2) is 5.60. The van der Waals surface area contributed by atoms with E-state index in [1.54, 1.807) is 0 Å². The Kier molecular flexibility index (Phi) is 5.17. The van der Waals surface area contributed by atoms with Gasteiger partial charge in [-0.15, -0.1) is 0 Å². The number of ether oxygens (including phenoxy) is 2. The maximum absolute atomic E-state index is 11.4. The Hall–Kier alpha value is -1.01. The molecule has 0 rings (SSSR count). The highest BCUT2D eigenvalue weighted by molar-refractivity contribution is 5.59. The Balaban J connectivity index is 3.41. The lowest BCUT2D eigenvalue weighted by molar-refractivity contribution is -0.165. The van der Waals surface area contributed by atoms with Crippen molar-refractivity contribution < 1.29 is 31.8 Å². The van der Waals surface area contributed by atoms with Crippen molar-refractivity contribution >= 4 is 6.16 Å². The number of halogens is 4. The van der Waals surface area contributed by atoms with Gasteiger partial charge in [0.05, 0.1) is 13.3 Å². The first kappa shape index (κ1) is 12.0. The van der Waals surface area contributed by atoms with E-state index >= 15 is 0 Å². The van der Waals surface area contributed by atoms with E-state index in [1.807, 2.05) is 0 Å².